The van der Waals surface area contributed by atoms with Crippen LogP contribution in [0.1, 0.15) is 18.9 Å². The standard InChI is InChI=1S/C14H19ClO2/c1-10-13(7-8-17-10)14(15)9-11-3-5-12(16-2)6-4-11/h3-6,10,13-14H,7-9H2,1-2H3. The van der Waals surface area contributed by atoms with Crippen molar-refractivity contribution >= 4 is 11.6 Å². The molecule has 0 aliphatic carbocycles. The second kappa shape index (κ2) is 5.74. The molecule has 1 aromatic carbocycles. The second-order valence-electron chi connectivity index (χ2n) is 4.60. The highest BCUT2D eigenvalue weighted by molar-refractivity contribution is 6.21. The fraction of sp³-hybridized carbons (Fsp3) is 0.571. The zero-order valence-electron chi connectivity index (χ0n) is 10.4. The Morgan fingerprint density at radius 1 is 1.41 bits per heavy atom. The molecule has 0 radical (unpaired) electrons. The van der Waals surface area contributed by atoms with Crippen molar-refractivity contribution in [2.24, 2.45) is 5.92 Å². The molecule has 0 amide bonds. The zero-order chi connectivity index (χ0) is 12.3. The minimum atomic E-state index is 0.154. The third-order valence-corrected chi connectivity index (χ3v) is 3.97. The normalized spacial score (nSPS) is 25.8. The van der Waals surface area contributed by atoms with Gasteiger partial charge in [0.25, 0.3) is 0 Å². The van der Waals surface area contributed by atoms with Crippen molar-refractivity contribution in [3.63, 3.8) is 0 Å². The molecule has 1 fully saturated rings. The SMILES string of the molecule is COc1ccc(CC(Cl)C2CCOC2C)cc1. The molecule has 0 N–H and O–H groups in total. The second-order valence-corrected chi connectivity index (χ2v) is 5.16. The van der Waals surface area contributed by atoms with E-state index in [0.29, 0.717) is 5.92 Å². The minimum Gasteiger partial charge on any atom is -0.497 e. The van der Waals surface area contributed by atoms with Crippen molar-refractivity contribution in [2.75, 3.05) is 13.7 Å². The first-order chi connectivity index (χ1) is 8.20. The molecule has 1 heterocycles. The van der Waals surface area contributed by atoms with E-state index in [1.807, 2.05) is 12.1 Å². The fourth-order valence-corrected chi connectivity index (χ4v) is 2.87. The molecule has 1 aliphatic heterocycles. The molecule has 0 saturated carbocycles. The third kappa shape index (κ3) is 3.14. The zero-order valence-corrected chi connectivity index (χ0v) is 11.1. The summed E-state index contributed by atoms with van der Waals surface area (Å²) in [6.45, 7) is 2.96. The Labute approximate surface area is 108 Å². The van der Waals surface area contributed by atoms with E-state index in [0.717, 1.165) is 25.2 Å². The molecule has 0 bridgehead atoms. The van der Waals surface area contributed by atoms with Gasteiger partial charge in [-0.15, -0.1) is 11.6 Å². The van der Waals surface area contributed by atoms with Crippen LogP contribution < -0.4 is 4.74 Å². The number of ether oxygens (including phenoxy) is 2. The van der Waals surface area contributed by atoms with Crippen molar-refractivity contribution in [3.8, 4) is 5.75 Å². The average Bonchev–Trinajstić information content (AvgIpc) is 2.76. The largest absolute Gasteiger partial charge is 0.497 e. The Morgan fingerprint density at radius 2 is 2.12 bits per heavy atom. The van der Waals surface area contributed by atoms with Gasteiger partial charge in [0.2, 0.25) is 0 Å². The van der Waals surface area contributed by atoms with Crippen LogP contribution >= 0.6 is 11.6 Å². The lowest BCUT2D eigenvalue weighted by molar-refractivity contribution is 0.105. The lowest BCUT2D eigenvalue weighted by atomic mass is 9.94. The highest BCUT2D eigenvalue weighted by Crippen LogP contribution is 2.29. The molecule has 0 aromatic heterocycles. The topological polar surface area (TPSA) is 18.5 Å². The van der Waals surface area contributed by atoms with E-state index in [9.17, 15) is 0 Å². The van der Waals surface area contributed by atoms with E-state index in [1.54, 1.807) is 7.11 Å². The number of alkyl halides is 1. The van der Waals surface area contributed by atoms with Gasteiger partial charge in [0, 0.05) is 17.9 Å². The Balaban J connectivity index is 1.95. The summed E-state index contributed by atoms with van der Waals surface area (Å²) < 4.78 is 10.7. The highest BCUT2D eigenvalue weighted by atomic mass is 35.5. The molecule has 94 valence electrons. The van der Waals surface area contributed by atoms with Gasteiger partial charge in [-0.25, -0.2) is 0 Å². The lowest BCUT2D eigenvalue weighted by Crippen LogP contribution is -2.23. The third-order valence-electron chi connectivity index (χ3n) is 3.49. The molecule has 17 heavy (non-hydrogen) atoms. The molecule has 3 heteroatoms. The number of rotatable bonds is 4. The van der Waals surface area contributed by atoms with E-state index in [4.69, 9.17) is 21.1 Å². The first kappa shape index (κ1) is 12.7. The molecule has 2 rings (SSSR count). The predicted octanol–water partition coefficient (Wildman–Crippen LogP) is 3.27. The van der Waals surface area contributed by atoms with E-state index < -0.39 is 0 Å². The average molecular weight is 255 g/mol. The fourth-order valence-electron chi connectivity index (χ4n) is 2.36. The molecular formula is C14H19ClO2. The molecule has 0 spiro atoms. The quantitative estimate of drug-likeness (QED) is 0.768. The van der Waals surface area contributed by atoms with E-state index in [2.05, 4.69) is 19.1 Å². The predicted molar refractivity (Wildman–Crippen MR) is 69.9 cm³/mol. The van der Waals surface area contributed by atoms with Gasteiger partial charge in [-0.05, 0) is 37.5 Å². The monoisotopic (exact) mass is 254 g/mol. The first-order valence-electron chi connectivity index (χ1n) is 6.09. The Bertz CT molecular complexity index is 350. The number of methoxy groups -OCH3 is 1. The summed E-state index contributed by atoms with van der Waals surface area (Å²) in [6.07, 6.45) is 2.26. The molecule has 2 nitrogen and oxygen atoms in total. The van der Waals surface area contributed by atoms with E-state index >= 15 is 0 Å². The molecule has 1 aliphatic rings. The maximum Gasteiger partial charge on any atom is 0.118 e. The van der Waals surface area contributed by atoms with Crippen LogP contribution in [0.15, 0.2) is 24.3 Å². The Hall–Kier alpha value is -0.730. The van der Waals surface area contributed by atoms with Gasteiger partial charge in [0.05, 0.1) is 13.2 Å². The van der Waals surface area contributed by atoms with Gasteiger partial charge >= 0.3 is 0 Å². The van der Waals surface area contributed by atoms with Crippen LogP contribution in [0.25, 0.3) is 0 Å². The summed E-state index contributed by atoms with van der Waals surface area (Å²) in [4.78, 5) is 0. The van der Waals surface area contributed by atoms with Crippen LogP contribution in [-0.2, 0) is 11.2 Å². The summed E-state index contributed by atoms with van der Waals surface area (Å²) in [7, 11) is 1.68. The van der Waals surface area contributed by atoms with Crippen LogP contribution in [0.3, 0.4) is 0 Å². The van der Waals surface area contributed by atoms with Crippen LogP contribution in [0.4, 0.5) is 0 Å². The molecular weight excluding hydrogens is 236 g/mol. The van der Waals surface area contributed by atoms with E-state index in [-0.39, 0.29) is 11.5 Å². The number of hydrogen-bond donors (Lipinski definition) is 0. The highest BCUT2D eigenvalue weighted by Gasteiger charge is 2.30. The Kier molecular flexibility index (Phi) is 4.30. The van der Waals surface area contributed by atoms with Crippen LogP contribution in [0.5, 0.6) is 5.75 Å². The van der Waals surface area contributed by atoms with Crippen molar-refractivity contribution in [1.82, 2.24) is 0 Å². The Morgan fingerprint density at radius 3 is 2.65 bits per heavy atom. The summed E-state index contributed by atoms with van der Waals surface area (Å²) in [5, 5.41) is 0.154. The van der Waals surface area contributed by atoms with Crippen molar-refractivity contribution in [3.05, 3.63) is 29.8 Å². The van der Waals surface area contributed by atoms with Crippen molar-refractivity contribution in [1.29, 1.82) is 0 Å². The van der Waals surface area contributed by atoms with Gasteiger partial charge in [-0.1, -0.05) is 12.1 Å². The van der Waals surface area contributed by atoms with Crippen LogP contribution in [0, 0.1) is 5.92 Å². The number of hydrogen-bond acceptors (Lipinski definition) is 2. The van der Waals surface area contributed by atoms with Crippen LogP contribution in [-0.4, -0.2) is 25.2 Å². The van der Waals surface area contributed by atoms with Crippen molar-refractivity contribution < 1.29 is 9.47 Å². The van der Waals surface area contributed by atoms with Gasteiger partial charge in [-0.2, -0.15) is 0 Å². The first-order valence-corrected chi connectivity index (χ1v) is 6.53. The summed E-state index contributed by atoms with van der Waals surface area (Å²) in [5.74, 6) is 1.36. The summed E-state index contributed by atoms with van der Waals surface area (Å²) >= 11 is 6.48. The molecule has 1 saturated heterocycles. The van der Waals surface area contributed by atoms with Gasteiger partial charge < -0.3 is 9.47 Å². The van der Waals surface area contributed by atoms with E-state index in [1.165, 1.54) is 5.56 Å². The molecule has 3 atom stereocenters. The van der Waals surface area contributed by atoms with Gasteiger partial charge in [0.1, 0.15) is 5.75 Å². The smallest absolute Gasteiger partial charge is 0.118 e. The van der Waals surface area contributed by atoms with Crippen molar-refractivity contribution in [2.45, 2.75) is 31.2 Å². The van der Waals surface area contributed by atoms with Gasteiger partial charge in [0.15, 0.2) is 0 Å². The summed E-state index contributed by atoms with van der Waals surface area (Å²) in [6, 6.07) is 8.12. The summed E-state index contributed by atoms with van der Waals surface area (Å²) in [5.41, 5.74) is 1.25. The van der Waals surface area contributed by atoms with Crippen LogP contribution in [0.2, 0.25) is 0 Å². The maximum absolute atomic E-state index is 6.48. The maximum atomic E-state index is 6.48. The molecule has 1 aromatic rings. The lowest BCUT2D eigenvalue weighted by Gasteiger charge is -2.20. The minimum absolute atomic E-state index is 0.154. The number of benzene rings is 1. The molecule has 3 unspecified atom stereocenters. The van der Waals surface area contributed by atoms with Gasteiger partial charge in [-0.3, -0.25) is 0 Å². The number of halogens is 1.